The Morgan fingerprint density at radius 2 is 1.83 bits per heavy atom. The molecule has 124 valence electrons. The maximum Gasteiger partial charge on any atom is 0.349 e. The minimum atomic E-state index is -0.677. The van der Waals surface area contributed by atoms with Crippen molar-refractivity contribution in [3.05, 3.63) is 40.2 Å². The molecule has 0 unspecified atom stereocenters. The number of fused-ring (bicyclic) bond motifs is 1. The number of carbonyl (C=O) groups is 1. The van der Waals surface area contributed by atoms with Gasteiger partial charge in [-0.1, -0.05) is 32.9 Å². The summed E-state index contributed by atoms with van der Waals surface area (Å²) in [5.74, 6) is 0.0185. The van der Waals surface area contributed by atoms with Gasteiger partial charge >= 0.3 is 5.63 Å². The molecule has 23 heavy (non-hydrogen) atoms. The normalized spacial score (nSPS) is 12.3. The van der Waals surface area contributed by atoms with E-state index in [9.17, 15) is 9.59 Å². The standard InChI is InChI=1S/C18H23NO4/c1-17(2,3)18(4,5)19-15(20)12-10-11-8-7-9-13(22-6)14(11)23-16(12)21/h7-10H,1-6H3,(H,19,20). The fraction of sp³-hybridized carbons (Fsp3) is 0.444. The van der Waals surface area contributed by atoms with Gasteiger partial charge < -0.3 is 14.5 Å². The first-order chi connectivity index (χ1) is 10.6. The lowest BCUT2D eigenvalue weighted by atomic mass is 9.76. The van der Waals surface area contributed by atoms with E-state index < -0.39 is 17.1 Å². The van der Waals surface area contributed by atoms with Crippen LogP contribution in [0.2, 0.25) is 0 Å². The second-order valence-electron chi connectivity index (χ2n) is 7.16. The van der Waals surface area contributed by atoms with Gasteiger partial charge in [-0.25, -0.2) is 4.79 Å². The van der Waals surface area contributed by atoms with Gasteiger partial charge in [0.2, 0.25) is 0 Å². The van der Waals surface area contributed by atoms with Crippen molar-refractivity contribution >= 4 is 16.9 Å². The van der Waals surface area contributed by atoms with Crippen molar-refractivity contribution in [2.75, 3.05) is 7.11 Å². The summed E-state index contributed by atoms with van der Waals surface area (Å²) in [6.07, 6.45) is 0. The Labute approximate surface area is 135 Å². The molecule has 2 aromatic rings. The summed E-state index contributed by atoms with van der Waals surface area (Å²) in [4.78, 5) is 24.7. The molecule has 1 amide bonds. The molecule has 1 aromatic carbocycles. The van der Waals surface area contributed by atoms with Gasteiger partial charge in [0.1, 0.15) is 5.56 Å². The van der Waals surface area contributed by atoms with Crippen molar-refractivity contribution < 1.29 is 13.9 Å². The highest BCUT2D eigenvalue weighted by atomic mass is 16.5. The fourth-order valence-corrected chi connectivity index (χ4v) is 1.98. The smallest absolute Gasteiger partial charge is 0.349 e. The highest BCUT2D eigenvalue weighted by Crippen LogP contribution is 2.30. The number of benzene rings is 1. The summed E-state index contributed by atoms with van der Waals surface area (Å²) in [7, 11) is 1.50. The zero-order valence-corrected chi connectivity index (χ0v) is 14.4. The molecule has 0 saturated carbocycles. The molecular weight excluding hydrogens is 294 g/mol. The molecule has 0 atom stereocenters. The van der Waals surface area contributed by atoms with Crippen molar-refractivity contribution in [3.8, 4) is 5.75 Å². The summed E-state index contributed by atoms with van der Waals surface area (Å²) < 4.78 is 10.5. The number of rotatable bonds is 3. The van der Waals surface area contributed by atoms with Crippen LogP contribution < -0.4 is 15.7 Å². The molecule has 0 radical (unpaired) electrons. The molecule has 0 aliphatic rings. The van der Waals surface area contributed by atoms with E-state index in [0.29, 0.717) is 16.7 Å². The van der Waals surface area contributed by atoms with Crippen LogP contribution in [-0.4, -0.2) is 18.6 Å². The number of nitrogens with one attached hydrogen (secondary N) is 1. The first-order valence-electron chi connectivity index (χ1n) is 7.50. The zero-order chi connectivity index (χ0) is 17.4. The van der Waals surface area contributed by atoms with Crippen LogP contribution in [-0.2, 0) is 0 Å². The van der Waals surface area contributed by atoms with E-state index in [2.05, 4.69) is 5.32 Å². The topological polar surface area (TPSA) is 68.5 Å². The highest BCUT2D eigenvalue weighted by molar-refractivity contribution is 5.97. The first kappa shape index (κ1) is 17.1. The summed E-state index contributed by atoms with van der Waals surface area (Å²) in [5, 5.41) is 3.56. The zero-order valence-electron chi connectivity index (χ0n) is 14.4. The molecule has 5 nitrogen and oxygen atoms in total. The number of para-hydroxylation sites is 1. The molecule has 1 N–H and O–H groups in total. The Hall–Kier alpha value is -2.30. The Kier molecular flexibility index (Phi) is 4.24. The third-order valence-corrected chi connectivity index (χ3v) is 4.49. The number of amides is 1. The van der Waals surface area contributed by atoms with Gasteiger partial charge in [0, 0.05) is 10.9 Å². The first-order valence-corrected chi connectivity index (χ1v) is 7.50. The van der Waals surface area contributed by atoms with Gasteiger partial charge in [0.05, 0.1) is 7.11 Å². The Balaban J connectivity index is 2.47. The lowest BCUT2D eigenvalue weighted by Crippen LogP contribution is -2.53. The van der Waals surface area contributed by atoms with E-state index >= 15 is 0 Å². The minimum Gasteiger partial charge on any atom is -0.493 e. The lowest BCUT2D eigenvalue weighted by Gasteiger charge is -2.39. The predicted molar refractivity (Wildman–Crippen MR) is 90.0 cm³/mol. The third-order valence-electron chi connectivity index (χ3n) is 4.49. The Bertz CT molecular complexity index is 797. The van der Waals surface area contributed by atoms with Crippen LogP contribution >= 0.6 is 0 Å². The summed E-state index contributed by atoms with van der Waals surface area (Å²) >= 11 is 0. The molecule has 0 spiro atoms. The molecule has 0 aliphatic carbocycles. The van der Waals surface area contributed by atoms with Gasteiger partial charge in [0.25, 0.3) is 5.91 Å². The maximum atomic E-state index is 12.5. The van der Waals surface area contributed by atoms with Crippen molar-refractivity contribution in [1.82, 2.24) is 5.32 Å². The van der Waals surface area contributed by atoms with Crippen molar-refractivity contribution in [2.45, 2.75) is 40.2 Å². The van der Waals surface area contributed by atoms with Crippen LogP contribution in [0.4, 0.5) is 0 Å². The lowest BCUT2D eigenvalue weighted by molar-refractivity contribution is 0.0825. The van der Waals surface area contributed by atoms with E-state index in [1.165, 1.54) is 13.2 Å². The van der Waals surface area contributed by atoms with E-state index in [0.717, 1.165) is 0 Å². The third kappa shape index (κ3) is 3.23. The number of hydrogen-bond acceptors (Lipinski definition) is 4. The van der Waals surface area contributed by atoms with Crippen molar-refractivity contribution in [3.63, 3.8) is 0 Å². The predicted octanol–water partition coefficient (Wildman–Crippen LogP) is 3.36. The number of ether oxygens (including phenoxy) is 1. The van der Waals surface area contributed by atoms with Gasteiger partial charge in [-0.15, -0.1) is 0 Å². The van der Waals surface area contributed by atoms with E-state index in [-0.39, 0.29) is 11.0 Å². The molecule has 1 heterocycles. The average Bonchev–Trinajstić information content (AvgIpc) is 2.44. The van der Waals surface area contributed by atoms with Gasteiger partial charge in [0.15, 0.2) is 11.3 Å². The molecule has 5 heteroatoms. The van der Waals surface area contributed by atoms with Crippen LogP contribution in [0.5, 0.6) is 5.75 Å². The number of methoxy groups -OCH3 is 1. The molecular formula is C18H23NO4. The minimum absolute atomic E-state index is 0.0110. The van der Waals surface area contributed by atoms with E-state index in [1.54, 1.807) is 18.2 Å². The molecule has 0 aliphatic heterocycles. The molecule has 0 fully saturated rings. The van der Waals surface area contributed by atoms with E-state index in [4.69, 9.17) is 9.15 Å². The number of carbonyl (C=O) groups excluding carboxylic acids is 1. The quantitative estimate of drug-likeness (QED) is 0.881. The average molecular weight is 317 g/mol. The Morgan fingerprint density at radius 1 is 1.17 bits per heavy atom. The second-order valence-corrected chi connectivity index (χ2v) is 7.16. The van der Waals surface area contributed by atoms with Crippen molar-refractivity contribution in [1.29, 1.82) is 0 Å². The van der Waals surface area contributed by atoms with Crippen LogP contribution in [0.1, 0.15) is 45.0 Å². The van der Waals surface area contributed by atoms with Crippen LogP contribution in [0.25, 0.3) is 11.0 Å². The van der Waals surface area contributed by atoms with Gasteiger partial charge in [-0.2, -0.15) is 0 Å². The van der Waals surface area contributed by atoms with Gasteiger partial charge in [-0.05, 0) is 31.4 Å². The Morgan fingerprint density at radius 3 is 2.39 bits per heavy atom. The molecule has 0 saturated heterocycles. The monoisotopic (exact) mass is 317 g/mol. The van der Waals surface area contributed by atoms with Crippen molar-refractivity contribution in [2.24, 2.45) is 5.41 Å². The summed E-state index contributed by atoms with van der Waals surface area (Å²) in [6, 6.07) is 6.79. The van der Waals surface area contributed by atoms with Crippen LogP contribution in [0, 0.1) is 5.41 Å². The van der Waals surface area contributed by atoms with Crippen LogP contribution in [0.15, 0.2) is 33.5 Å². The summed E-state index contributed by atoms with van der Waals surface area (Å²) in [6.45, 7) is 9.94. The van der Waals surface area contributed by atoms with Crippen LogP contribution in [0.3, 0.4) is 0 Å². The van der Waals surface area contributed by atoms with Gasteiger partial charge in [-0.3, -0.25) is 4.79 Å². The van der Waals surface area contributed by atoms with E-state index in [1.807, 2.05) is 34.6 Å². The molecule has 2 rings (SSSR count). The molecule has 1 aromatic heterocycles. The highest BCUT2D eigenvalue weighted by Gasteiger charge is 2.35. The maximum absolute atomic E-state index is 12.5. The number of hydrogen-bond donors (Lipinski definition) is 1. The molecule has 0 bridgehead atoms. The summed E-state index contributed by atoms with van der Waals surface area (Å²) in [5.41, 5.74) is -0.998. The SMILES string of the molecule is COc1cccc2cc(C(=O)NC(C)(C)C(C)(C)C)c(=O)oc12. The largest absolute Gasteiger partial charge is 0.493 e. The second kappa shape index (κ2) is 5.72. The fourth-order valence-electron chi connectivity index (χ4n) is 1.98.